The van der Waals surface area contributed by atoms with E-state index >= 15 is 0 Å². The first-order valence-corrected chi connectivity index (χ1v) is 6.10. The predicted octanol–water partition coefficient (Wildman–Crippen LogP) is 3.69. The number of rotatable bonds is 5. The summed E-state index contributed by atoms with van der Waals surface area (Å²) in [6.07, 6.45) is 1.11. The van der Waals surface area contributed by atoms with E-state index in [1.807, 2.05) is 19.1 Å². The van der Waals surface area contributed by atoms with Crippen LogP contribution in [-0.4, -0.2) is 13.1 Å². The van der Waals surface area contributed by atoms with E-state index in [9.17, 15) is 4.39 Å². The fourth-order valence-corrected chi connectivity index (χ4v) is 1.84. The van der Waals surface area contributed by atoms with Crippen molar-refractivity contribution in [3.63, 3.8) is 0 Å². The van der Waals surface area contributed by atoms with E-state index in [1.54, 1.807) is 0 Å². The first-order chi connectivity index (χ1) is 7.15. The molecular weight excluding hydrogens is 257 g/mol. The summed E-state index contributed by atoms with van der Waals surface area (Å²) < 4.78 is 14.3. The van der Waals surface area contributed by atoms with E-state index in [0.29, 0.717) is 0 Å². The van der Waals surface area contributed by atoms with Gasteiger partial charge in [0.2, 0.25) is 0 Å². The lowest BCUT2D eigenvalue weighted by molar-refractivity contribution is 0.559. The van der Waals surface area contributed by atoms with Crippen molar-refractivity contribution in [1.82, 2.24) is 5.32 Å². The molecule has 0 spiro atoms. The smallest absolute Gasteiger partial charge is 0.127 e. The number of benzene rings is 1. The van der Waals surface area contributed by atoms with Gasteiger partial charge in [0, 0.05) is 11.0 Å². The van der Waals surface area contributed by atoms with Gasteiger partial charge in [-0.3, -0.25) is 0 Å². The number of halogens is 2. The van der Waals surface area contributed by atoms with Gasteiger partial charge in [-0.15, -0.1) is 0 Å². The van der Waals surface area contributed by atoms with Gasteiger partial charge in [0.25, 0.3) is 0 Å². The number of hydrogen-bond acceptors (Lipinski definition) is 1. The average molecular weight is 274 g/mol. The van der Waals surface area contributed by atoms with Crippen LogP contribution >= 0.6 is 15.9 Å². The highest BCUT2D eigenvalue weighted by Gasteiger charge is 2.10. The first-order valence-electron chi connectivity index (χ1n) is 5.30. The van der Waals surface area contributed by atoms with Crippen molar-refractivity contribution in [3.8, 4) is 0 Å². The maximum Gasteiger partial charge on any atom is 0.127 e. The van der Waals surface area contributed by atoms with Gasteiger partial charge in [0.15, 0.2) is 0 Å². The fourth-order valence-electron chi connectivity index (χ4n) is 1.51. The molecule has 1 unspecified atom stereocenters. The molecule has 1 aromatic rings. The van der Waals surface area contributed by atoms with Crippen molar-refractivity contribution in [1.29, 1.82) is 0 Å². The van der Waals surface area contributed by atoms with Gasteiger partial charge < -0.3 is 5.32 Å². The summed E-state index contributed by atoms with van der Waals surface area (Å²) >= 11 is 3.25. The largest absolute Gasteiger partial charge is 0.316 e. The van der Waals surface area contributed by atoms with Crippen LogP contribution in [0.4, 0.5) is 4.39 Å². The predicted molar refractivity (Wildman–Crippen MR) is 65.7 cm³/mol. The zero-order chi connectivity index (χ0) is 11.3. The van der Waals surface area contributed by atoms with Crippen molar-refractivity contribution in [2.45, 2.75) is 26.2 Å². The number of hydrogen-bond donors (Lipinski definition) is 1. The second-order valence-electron chi connectivity index (χ2n) is 3.77. The highest BCUT2D eigenvalue weighted by Crippen LogP contribution is 2.21. The van der Waals surface area contributed by atoms with Crippen LogP contribution in [0, 0.1) is 5.82 Å². The summed E-state index contributed by atoms with van der Waals surface area (Å²) in [6, 6.07) is 5.25. The van der Waals surface area contributed by atoms with Crippen molar-refractivity contribution in [3.05, 3.63) is 34.1 Å². The third-order valence-corrected chi connectivity index (χ3v) is 2.86. The minimum Gasteiger partial charge on any atom is -0.316 e. The Balaban J connectivity index is 2.61. The van der Waals surface area contributed by atoms with Gasteiger partial charge in [-0.05, 0) is 36.6 Å². The molecule has 0 aromatic heterocycles. The molecule has 0 amide bonds. The lowest BCUT2D eigenvalue weighted by Crippen LogP contribution is -2.21. The number of nitrogens with one attached hydrogen (secondary N) is 1. The second-order valence-corrected chi connectivity index (χ2v) is 4.69. The summed E-state index contributed by atoms with van der Waals surface area (Å²) in [5.74, 6) is 0.0832. The third kappa shape index (κ3) is 3.92. The minimum absolute atomic E-state index is 0.129. The van der Waals surface area contributed by atoms with Gasteiger partial charge in [0.05, 0.1) is 0 Å². The molecule has 1 atom stereocenters. The molecule has 0 bridgehead atoms. The molecule has 1 rings (SSSR count). The molecule has 0 fully saturated rings. The Morgan fingerprint density at radius 2 is 2.20 bits per heavy atom. The Labute approximate surface area is 99.2 Å². The highest BCUT2D eigenvalue weighted by atomic mass is 79.9. The van der Waals surface area contributed by atoms with Crippen LogP contribution < -0.4 is 5.32 Å². The Hall–Kier alpha value is -0.410. The van der Waals surface area contributed by atoms with Crippen LogP contribution in [-0.2, 0) is 0 Å². The van der Waals surface area contributed by atoms with Crippen molar-refractivity contribution in [2.24, 2.45) is 0 Å². The van der Waals surface area contributed by atoms with Gasteiger partial charge in [-0.2, -0.15) is 0 Å². The van der Waals surface area contributed by atoms with Crippen molar-refractivity contribution in [2.75, 3.05) is 13.1 Å². The summed E-state index contributed by atoms with van der Waals surface area (Å²) in [5, 5.41) is 3.30. The summed E-state index contributed by atoms with van der Waals surface area (Å²) in [7, 11) is 0. The summed E-state index contributed by atoms with van der Waals surface area (Å²) in [5.41, 5.74) is 0.779. The standard InChI is InChI=1S/C12H17BrFN/c1-3-6-15-8-9(2)11-5-4-10(13)7-12(11)14/h4-5,7,9,15H,3,6,8H2,1-2H3. The van der Waals surface area contributed by atoms with E-state index in [-0.39, 0.29) is 11.7 Å². The first kappa shape index (κ1) is 12.7. The quantitative estimate of drug-likeness (QED) is 0.807. The molecule has 0 aliphatic heterocycles. The molecule has 3 heteroatoms. The molecule has 1 nitrogen and oxygen atoms in total. The Morgan fingerprint density at radius 1 is 1.47 bits per heavy atom. The SMILES string of the molecule is CCCNCC(C)c1ccc(Br)cc1F. The molecule has 1 N–H and O–H groups in total. The van der Waals surface area contributed by atoms with E-state index in [1.165, 1.54) is 6.07 Å². The van der Waals surface area contributed by atoms with Crippen LogP contribution in [0.15, 0.2) is 22.7 Å². The van der Waals surface area contributed by atoms with E-state index in [0.717, 1.165) is 29.5 Å². The van der Waals surface area contributed by atoms with Gasteiger partial charge in [0.1, 0.15) is 5.82 Å². The molecule has 0 aliphatic carbocycles. The molecule has 0 saturated carbocycles. The molecule has 0 saturated heterocycles. The van der Waals surface area contributed by atoms with E-state index in [2.05, 4.69) is 28.2 Å². The molecule has 84 valence electrons. The van der Waals surface area contributed by atoms with Crippen LogP contribution in [0.25, 0.3) is 0 Å². The molecule has 1 aromatic carbocycles. The zero-order valence-corrected chi connectivity index (χ0v) is 10.8. The van der Waals surface area contributed by atoms with Crippen LogP contribution in [0.1, 0.15) is 31.7 Å². The van der Waals surface area contributed by atoms with E-state index < -0.39 is 0 Å². The maximum atomic E-state index is 13.6. The lowest BCUT2D eigenvalue weighted by atomic mass is 10.0. The Bertz CT molecular complexity index is 314. The lowest BCUT2D eigenvalue weighted by Gasteiger charge is -2.13. The minimum atomic E-state index is -0.129. The van der Waals surface area contributed by atoms with Gasteiger partial charge in [-0.25, -0.2) is 4.39 Å². The average Bonchev–Trinajstić information content (AvgIpc) is 2.17. The van der Waals surface area contributed by atoms with Gasteiger partial charge in [-0.1, -0.05) is 35.8 Å². The van der Waals surface area contributed by atoms with Crippen LogP contribution in [0.5, 0.6) is 0 Å². The summed E-state index contributed by atoms with van der Waals surface area (Å²) in [6.45, 7) is 5.97. The molecule has 0 heterocycles. The van der Waals surface area contributed by atoms with Gasteiger partial charge >= 0.3 is 0 Å². The molecular formula is C12H17BrFN. The van der Waals surface area contributed by atoms with Crippen molar-refractivity contribution >= 4 is 15.9 Å². The molecule has 15 heavy (non-hydrogen) atoms. The Kier molecular flexibility index (Phi) is 5.26. The molecule has 0 radical (unpaired) electrons. The highest BCUT2D eigenvalue weighted by molar-refractivity contribution is 9.10. The van der Waals surface area contributed by atoms with Crippen LogP contribution in [0.3, 0.4) is 0 Å². The maximum absolute atomic E-state index is 13.6. The molecule has 0 aliphatic rings. The normalized spacial score (nSPS) is 12.8. The topological polar surface area (TPSA) is 12.0 Å². The zero-order valence-electron chi connectivity index (χ0n) is 9.19. The summed E-state index contributed by atoms with van der Waals surface area (Å²) in [4.78, 5) is 0. The van der Waals surface area contributed by atoms with Crippen molar-refractivity contribution < 1.29 is 4.39 Å². The third-order valence-electron chi connectivity index (χ3n) is 2.37. The van der Waals surface area contributed by atoms with E-state index in [4.69, 9.17) is 0 Å². The van der Waals surface area contributed by atoms with Crippen LogP contribution in [0.2, 0.25) is 0 Å². The monoisotopic (exact) mass is 273 g/mol. The Morgan fingerprint density at radius 3 is 2.80 bits per heavy atom. The fraction of sp³-hybridized carbons (Fsp3) is 0.500. The second kappa shape index (κ2) is 6.23.